The first-order valence-electron chi connectivity index (χ1n) is 9.40. The third-order valence-corrected chi connectivity index (χ3v) is 5.37. The van der Waals surface area contributed by atoms with Gasteiger partial charge in [-0.15, -0.1) is 11.3 Å². The molecule has 1 atom stereocenters. The predicted octanol–water partition coefficient (Wildman–Crippen LogP) is 5.37. The van der Waals surface area contributed by atoms with E-state index in [1.165, 1.54) is 16.3 Å². The summed E-state index contributed by atoms with van der Waals surface area (Å²) in [7, 11) is 0. The zero-order valence-electron chi connectivity index (χ0n) is 17.1. The Labute approximate surface area is 166 Å². The fraction of sp³-hybridized carbons (Fsp3) is 0.455. The van der Waals surface area contributed by atoms with E-state index < -0.39 is 0 Å². The van der Waals surface area contributed by atoms with Crippen molar-refractivity contribution in [3.8, 4) is 0 Å². The number of amides is 2. The lowest BCUT2D eigenvalue weighted by Gasteiger charge is -2.35. The number of hydrazine groups is 1. The average Bonchev–Trinajstić information content (AvgIpc) is 3.10. The molecule has 27 heavy (non-hydrogen) atoms. The van der Waals surface area contributed by atoms with Crippen LogP contribution in [0.2, 0.25) is 0 Å². The molecule has 0 radical (unpaired) electrons. The minimum atomic E-state index is -0.314. The Morgan fingerprint density at radius 2 is 1.74 bits per heavy atom. The first-order valence-corrected chi connectivity index (χ1v) is 10.3. The summed E-state index contributed by atoms with van der Waals surface area (Å²) in [6, 6.07) is 9.26. The Balaban J connectivity index is 2.42. The molecule has 0 aliphatic carbocycles. The van der Waals surface area contributed by atoms with Crippen LogP contribution in [0.4, 0.5) is 0 Å². The van der Waals surface area contributed by atoms with Gasteiger partial charge < -0.3 is 0 Å². The number of rotatable bonds is 6. The highest BCUT2D eigenvalue weighted by Crippen LogP contribution is 2.25. The molecule has 2 aromatic rings. The fourth-order valence-corrected chi connectivity index (χ4v) is 3.74. The van der Waals surface area contributed by atoms with E-state index in [-0.39, 0.29) is 23.3 Å². The number of nitrogens with one attached hydrogen (secondary N) is 1. The van der Waals surface area contributed by atoms with Crippen LogP contribution in [-0.4, -0.2) is 22.9 Å². The summed E-state index contributed by atoms with van der Waals surface area (Å²) in [5, 5.41) is 3.06. The van der Waals surface area contributed by atoms with E-state index in [9.17, 15) is 9.59 Å². The van der Waals surface area contributed by atoms with E-state index in [2.05, 4.69) is 33.1 Å². The maximum Gasteiger partial charge on any atom is 0.285 e. The number of thiophene rings is 1. The molecule has 1 aromatic heterocycles. The lowest BCUT2D eigenvalue weighted by Crippen LogP contribution is -2.55. The van der Waals surface area contributed by atoms with Gasteiger partial charge in [0.25, 0.3) is 11.8 Å². The number of carbonyl (C=O) groups is 2. The monoisotopic (exact) mass is 386 g/mol. The second kappa shape index (κ2) is 8.81. The fourth-order valence-electron chi connectivity index (χ4n) is 3.08. The molecule has 0 fully saturated rings. The van der Waals surface area contributed by atoms with Crippen LogP contribution in [0.15, 0.2) is 35.7 Å². The Bertz CT molecular complexity index is 771. The summed E-state index contributed by atoms with van der Waals surface area (Å²) in [6.45, 7) is 12.4. The van der Waals surface area contributed by atoms with Crippen LogP contribution in [0.1, 0.15) is 71.7 Å². The van der Waals surface area contributed by atoms with Gasteiger partial charge in [-0.2, -0.15) is 0 Å². The van der Waals surface area contributed by atoms with E-state index in [1.807, 2.05) is 43.5 Å². The molecule has 2 rings (SSSR count). The van der Waals surface area contributed by atoms with Gasteiger partial charge >= 0.3 is 0 Å². The SMILES string of the molecule is CCC[C@@H](NN(C(=O)c1cc(C)cc(C)c1)C(=O)c1cccs1)C(C)(C)C. The lowest BCUT2D eigenvalue weighted by molar-refractivity contribution is 0.0428. The molecule has 1 N–H and O–H groups in total. The number of benzene rings is 1. The molecule has 0 spiro atoms. The molecule has 0 aliphatic rings. The summed E-state index contributed by atoms with van der Waals surface area (Å²) in [4.78, 5) is 27.0. The van der Waals surface area contributed by atoms with E-state index >= 15 is 0 Å². The zero-order chi connectivity index (χ0) is 20.2. The Morgan fingerprint density at radius 1 is 1.11 bits per heavy atom. The molecule has 0 aliphatic heterocycles. The van der Waals surface area contributed by atoms with Crippen molar-refractivity contribution in [2.45, 2.75) is 60.4 Å². The maximum atomic E-state index is 13.3. The first-order chi connectivity index (χ1) is 12.6. The van der Waals surface area contributed by atoms with Crippen molar-refractivity contribution >= 4 is 23.2 Å². The number of aryl methyl sites for hydroxylation is 2. The maximum absolute atomic E-state index is 13.3. The van der Waals surface area contributed by atoms with Crippen LogP contribution in [0.3, 0.4) is 0 Å². The molecular weight excluding hydrogens is 356 g/mol. The Morgan fingerprint density at radius 3 is 2.22 bits per heavy atom. The number of nitrogens with zero attached hydrogens (tertiary/aromatic N) is 1. The highest BCUT2D eigenvalue weighted by molar-refractivity contribution is 7.12. The van der Waals surface area contributed by atoms with Crippen LogP contribution < -0.4 is 5.43 Å². The highest BCUT2D eigenvalue weighted by Gasteiger charge is 2.32. The van der Waals surface area contributed by atoms with Gasteiger partial charge in [-0.3, -0.25) is 9.59 Å². The van der Waals surface area contributed by atoms with Crippen LogP contribution >= 0.6 is 11.3 Å². The van der Waals surface area contributed by atoms with Crippen LogP contribution in [-0.2, 0) is 0 Å². The first kappa shape index (κ1) is 21.3. The summed E-state index contributed by atoms with van der Waals surface area (Å²) < 4.78 is 0. The molecule has 0 bridgehead atoms. The van der Waals surface area contributed by atoms with Crippen LogP contribution in [0, 0.1) is 19.3 Å². The Kier molecular flexibility index (Phi) is 6.95. The van der Waals surface area contributed by atoms with Crippen molar-refractivity contribution in [2.24, 2.45) is 5.41 Å². The van der Waals surface area contributed by atoms with Crippen molar-refractivity contribution < 1.29 is 9.59 Å². The predicted molar refractivity (Wildman–Crippen MR) is 112 cm³/mol. The quantitative estimate of drug-likeness (QED) is 0.536. The van der Waals surface area contributed by atoms with Crippen molar-refractivity contribution in [3.63, 3.8) is 0 Å². The van der Waals surface area contributed by atoms with Crippen LogP contribution in [0.25, 0.3) is 0 Å². The van der Waals surface area contributed by atoms with Gasteiger partial charge in [0, 0.05) is 11.6 Å². The van der Waals surface area contributed by atoms with E-state index in [0.29, 0.717) is 10.4 Å². The molecule has 1 aromatic carbocycles. The molecule has 4 nitrogen and oxygen atoms in total. The average molecular weight is 387 g/mol. The number of hydrogen-bond acceptors (Lipinski definition) is 4. The molecule has 0 saturated carbocycles. The highest BCUT2D eigenvalue weighted by atomic mass is 32.1. The van der Waals surface area contributed by atoms with Crippen molar-refractivity contribution in [1.29, 1.82) is 0 Å². The molecule has 1 heterocycles. The molecular formula is C22H30N2O2S. The summed E-state index contributed by atoms with van der Waals surface area (Å²) >= 11 is 1.34. The van der Waals surface area contributed by atoms with Gasteiger partial charge in [-0.05, 0) is 49.3 Å². The second-order valence-electron chi connectivity index (χ2n) is 8.14. The zero-order valence-corrected chi connectivity index (χ0v) is 17.9. The molecule has 5 heteroatoms. The van der Waals surface area contributed by atoms with E-state index in [4.69, 9.17) is 0 Å². The van der Waals surface area contributed by atoms with Crippen molar-refractivity contribution in [1.82, 2.24) is 10.4 Å². The minimum Gasteiger partial charge on any atom is -0.267 e. The minimum absolute atomic E-state index is 0.00117. The van der Waals surface area contributed by atoms with E-state index in [1.54, 1.807) is 6.07 Å². The van der Waals surface area contributed by atoms with Gasteiger partial charge in [0.2, 0.25) is 0 Å². The van der Waals surface area contributed by atoms with Crippen molar-refractivity contribution in [2.75, 3.05) is 0 Å². The number of imide groups is 1. The normalized spacial score (nSPS) is 12.7. The van der Waals surface area contributed by atoms with E-state index in [0.717, 1.165) is 24.0 Å². The molecule has 0 unspecified atom stereocenters. The summed E-state index contributed by atoms with van der Waals surface area (Å²) in [5.41, 5.74) is 5.70. The molecule has 0 saturated heterocycles. The van der Waals surface area contributed by atoms with Gasteiger partial charge in [0.15, 0.2) is 0 Å². The third kappa shape index (κ3) is 5.50. The number of hydrogen-bond donors (Lipinski definition) is 1. The largest absolute Gasteiger partial charge is 0.285 e. The van der Waals surface area contributed by atoms with Gasteiger partial charge in [-0.1, -0.05) is 57.4 Å². The molecule has 146 valence electrons. The smallest absolute Gasteiger partial charge is 0.267 e. The van der Waals surface area contributed by atoms with Gasteiger partial charge in [0.05, 0.1) is 4.88 Å². The Hall–Kier alpha value is -1.98. The topological polar surface area (TPSA) is 49.4 Å². The third-order valence-electron chi connectivity index (χ3n) is 4.51. The van der Waals surface area contributed by atoms with Crippen molar-refractivity contribution in [3.05, 3.63) is 57.3 Å². The lowest BCUT2D eigenvalue weighted by atomic mass is 9.84. The number of carbonyl (C=O) groups excluding carboxylic acids is 2. The van der Waals surface area contributed by atoms with Crippen LogP contribution in [0.5, 0.6) is 0 Å². The second-order valence-corrected chi connectivity index (χ2v) is 9.08. The molecule has 2 amide bonds. The summed E-state index contributed by atoms with van der Waals surface area (Å²) in [5.74, 6) is -0.620. The van der Waals surface area contributed by atoms with Gasteiger partial charge in [-0.25, -0.2) is 10.4 Å². The summed E-state index contributed by atoms with van der Waals surface area (Å²) in [6.07, 6.45) is 1.84. The standard InChI is InChI=1S/C22H30N2O2S/c1-7-9-19(22(4,5)6)23-24(21(26)18-10-8-11-27-18)20(25)17-13-15(2)12-16(3)14-17/h8,10-14,19,23H,7,9H2,1-6H3/t19-/m1/s1. The van der Waals surface area contributed by atoms with Gasteiger partial charge in [0.1, 0.15) is 0 Å².